The first-order valence-electron chi connectivity index (χ1n) is 12.5. The van der Waals surface area contributed by atoms with E-state index in [9.17, 15) is 0 Å². The third-order valence-corrected chi connectivity index (χ3v) is 6.60. The molecule has 0 fully saturated rings. The van der Waals surface area contributed by atoms with Crippen molar-refractivity contribution >= 4 is 21.8 Å². The number of aromatic nitrogens is 5. The van der Waals surface area contributed by atoms with Crippen LogP contribution in [0.4, 0.5) is 0 Å². The summed E-state index contributed by atoms with van der Waals surface area (Å²) in [7, 11) is 0. The fraction of sp³-hybridized carbons (Fsp3) is 0.219. The van der Waals surface area contributed by atoms with Gasteiger partial charge < -0.3 is 15.2 Å². The molecule has 38 heavy (non-hydrogen) atoms. The summed E-state index contributed by atoms with van der Waals surface area (Å²) in [6.07, 6.45) is 1.82. The first-order valence-corrected chi connectivity index (χ1v) is 12.5. The van der Waals surface area contributed by atoms with Gasteiger partial charge in [0, 0.05) is 28.4 Å². The van der Waals surface area contributed by atoms with E-state index < -0.39 is 0 Å². The van der Waals surface area contributed by atoms with Crippen molar-refractivity contribution in [3.63, 3.8) is 0 Å². The Bertz CT molecular complexity index is 1590. The van der Waals surface area contributed by atoms with E-state index in [1.807, 2.05) is 60.8 Å². The zero-order valence-electron chi connectivity index (χ0n) is 22.3. The van der Waals surface area contributed by atoms with Gasteiger partial charge in [-0.15, -0.1) is 11.0 Å². The van der Waals surface area contributed by atoms with Gasteiger partial charge in [0.25, 0.3) is 0 Å². The molecule has 0 amide bonds. The SMILES string of the molecule is CC(C)(C)c1cc(-c2cccc(C(C)(C)c3ccccn3)n2)[n-]n1.[Pt+2].c1ccc2c(c1)[n-]c1ccccc12. The van der Waals surface area contributed by atoms with Crippen molar-refractivity contribution in [2.24, 2.45) is 0 Å². The maximum absolute atomic E-state index is 4.84. The normalized spacial score (nSPS) is 11.6. The molecule has 6 heteroatoms. The summed E-state index contributed by atoms with van der Waals surface area (Å²) in [5.41, 5.74) is 6.50. The summed E-state index contributed by atoms with van der Waals surface area (Å²) in [5, 5.41) is 11.1. The third kappa shape index (κ3) is 5.63. The fourth-order valence-corrected chi connectivity index (χ4v) is 4.30. The number of nitrogens with zero attached hydrogens (tertiary/aromatic N) is 5. The number of para-hydroxylation sites is 2. The third-order valence-electron chi connectivity index (χ3n) is 6.60. The van der Waals surface area contributed by atoms with Crippen LogP contribution in [0.5, 0.6) is 0 Å². The van der Waals surface area contributed by atoms with Crippen LogP contribution in [0.25, 0.3) is 33.2 Å². The van der Waals surface area contributed by atoms with Crippen LogP contribution < -0.4 is 10.1 Å². The van der Waals surface area contributed by atoms with Crippen LogP contribution in [0, 0.1) is 0 Å². The smallest absolute Gasteiger partial charge is 0.657 e. The van der Waals surface area contributed by atoms with Crippen molar-refractivity contribution in [2.75, 3.05) is 0 Å². The molecule has 0 unspecified atom stereocenters. The van der Waals surface area contributed by atoms with Crippen molar-refractivity contribution in [3.05, 3.63) is 114 Å². The van der Waals surface area contributed by atoms with E-state index >= 15 is 0 Å². The summed E-state index contributed by atoms with van der Waals surface area (Å²) in [6, 6.07) is 30.5. The van der Waals surface area contributed by atoms with Crippen LogP contribution in [-0.2, 0) is 31.9 Å². The van der Waals surface area contributed by atoms with Gasteiger partial charge in [0.05, 0.1) is 11.4 Å². The van der Waals surface area contributed by atoms with Gasteiger partial charge in [-0.1, -0.05) is 93.2 Å². The van der Waals surface area contributed by atoms with Gasteiger partial charge in [-0.3, -0.25) is 9.97 Å². The second-order valence-corrected chi connectivity index (χ2v) is 10.8. The number of hydrogen-bond donors (Lipinski definition) is 0. The number of benzene rings is 2. The van der Waals surface area contributed by atoms with Gasteiger partial charge in [-0.05, 0) is 48.9 Å². The van der Waals surface area contributed by atoms with Crippen LogP contribution in [0.1, 0.15) is 51.7 Å². The summed E-state index contributed by atoms with van der Waals surface area (Å²) in [6.45, 7) is 10.7. The molecule has 6 aromatic rings. The molecular formula is C32H31N5Pt. The molecule has 5 nitrogen and oxygen atoms in total. The molecule has 0 spiro atoms. The molecule has 0 saturated carbocycles. The predicted octanol–water partition coefficient (Wildman–Crippen LogP) is 7.07. The Balaban J connectivity index is 0.000000201. The van der Waals surface area contributed by atoms with Crippen molar-refractivity contribution < 1.29 is 21.1 Å². The number of pyridine rings is 2. The van der Waals surface area contributed by atoms with Gasteiger partial charge in [-0.2, -0.15) is 0 Å². The predicted molar refractivity (Wildman–Crippen MR) is 151 cm³/mol. The molecule has 0 aliphatic carbocycles. The zero-order valence-corrected chi connectivity index (χ0v) is 24.6. The minimum absolute atomic E-state index is 0. The molecule has 0 aliphatic heterocycles. The van der Waals surface area contributed by atoms with Crippen LogP contribution >= 0.6 is 0 Å². The monoisotopic (exact) mass is 680 g/mol. The van der Waals surface area contributed by atoms with Crippen molar-refractivity contribution in [2.45, 2.75) is 45.4 Å². The Morgan fingerprint density at radius 2 is 1.24 bits per heavy atom. The molecule has 194 valence electrons. The molecule has 0 bridgehead atoms. The maximum Gasteiger partial charge on any atom is 2.00 e. The van der Waals surface area contributed by atoms with Crippen LogP contribution in [-0.4, -0.2) is 15.1 Å². The molecule has 0 atom stereocenters. The molecule has 0 saturated heterocycles. The Labute approximate surface area is 238 Å². The van der Waals surface area contributed by atoms with Gasteiger partial charge in [0.15, 0.2) is 0 Å². The largest absolute Gasteiger partial charge is 2.00 e. The van der Waals surface area contributed by atoms with Crippen LogP contribution in [0.2, 0.25) is 0 Å². The standard InChI is InChI=1S/C20H23N4.C12H8N.Pt/c1-19(2,3)18-13-15(23-24-18)14-9-8-11-17(22-14)20(4,5)16-10-6-7-12-21-16;1-3-7-11-9(5-1)10-6-2-4-8-12(10)13-11;/h6-13H,1-5H3;1-8H;/q2*-1;+2. The quantitative estimate of drug-likeness (QED) is 0.200. The molecule has 0 aliphatic rings. The van der Waals surface area contributed by atoms with Gasteiger partial charge >= 0.3 is 21.1 Å². The number of hydrogen-bond acceptors (Lipinski definition) is 3. The Morgan fingerprint density at radius 3 is 1.82 bits per heavy atom. The summed E-state index contributed by atoms with van der Waals surface area (Å²) in [5.74, 6) is 0. The summed E-state index contributed by atoms with van der Waals surface area (Å²) < 4.78 is 0. The molecule has 0 radical (unpaired) electrons. The molecule has 2 aromatic carbocycles. The first kappa shape index (κ1) is 27.5. The average Bonchev–Trinajstić information content (AvgIpc) is 3.55. The minimum atomic E-state index is -0.274. The van der Waals surface area contributed by atoms with E-state index in [1.165, 1.54) is 10.8 Å². The zero-order chi connectivity index (χ0) is 26.0. The van der Waals surface area contributed by atoms with E-state index in [2.05, 4.69) is 91.2 Å². The van der Waals surface area contributed by atoms with Crippen molar-refractivity contribution in [3.8, 4) is 11.4 Å². The van der Waals surface area contributed by atoms with E-state index in [0.717, 1.165) is 39.5 Å². The Kier molecular flexibility index (Phi) is 7.99. The molecule has 0 N–H and O–H groups in total. The molecule has 6 rings (SSSR count). The number of rotatable bonds is 3. The van der Waals surface area contributed by atoms with E-state index in [0.29, 0.717) is 0 Å². The number of fused-ring (bicyclic) bond motifs is 3. The van der Waals surface area contributed by atoms with E-state index in [-0.39, 0.29) is 31.9 Å². The topological polar surface area (TPSA) is 66.9 Å². The van der Waals surface area contributed by atoms with E-state index in [4.69, 9.17) is 4.98 Å². The van der Waals surface area contributed by atoms with Gasteiger partial charge in [0.1, 0.15) is 0 Å². The second kappa shape index (κ2) is 11.0. The second-order valence-electron chi connectivity index (χ2n) is 10.8. The summed E-state index contributed by atoms with van der Waals surface area (Å²) in [4.78, 5) is 13.9. The van der Waals surface area contributed by atoms with Crippen LogP contribution in [0.15, 0.2) is 97.2 Å². The van der Waals surface area contributed by atoms with Crippen molar-refractivity contribution in [1.29, 1.82) is 0 Å². The average molecular weight is 681 g/mol. The first-order chi connectivity index (χ1) is 17.7. The Hall–Kier alpha value is -3.56. The maximum atomic E-state index is 4.84. The van der Waals surface area contributed by atoms with Crippen molar-refractivity contribution in [1.82, 2.24) is 25.1 Å². The summed E-state index contributed by atoms with van der Waals surface area (Å²) >= 11 is 0. The molecular weight excluding hydrogens is 649 g/mol. The van der Waals surface area contributed by atoms with Crippen LogP contribution in [0.3, 0.4) is 0 Å². The van der Waals surface area contributed by atoms with Gasteiger partial charge in [-0.25, -0.2) is 0 Å². The van der Waals surface area contributed by atoms with E-state index in [1.54, 1.807) is 0 Å². The fourth-order valence-electron chi connectivity index (χ4n) is 4.30. The van der Waals surface area contributed by atoms with Gasteiger partial charge in [0.2, 0.25) is 0 Å². The molecule has 4 aromatic heterocycles. The molecule has 4 heterocycles. The Morgan fingerprint density at radius 1 is 0.632 bits per heavy atom. The minimum Gasteiger partial charge on any atom is -0.657 e.